The number of fused-ring (bicyclic) bond motifs is 1. The number of rotatable bonds is 7. The molecule has 0 fully saturated rings. The Morgan fingerprint density at radius 3 is 2.70 bits per heavy atom. The first-order valence-electron chi connectivity index (χ1n) is 10.3. The van der Waals surface area contributed by atoms with Crippen LogP contribution in [0, 0.1) is 6.92 Å². The number of aromatic amines is 1. The summed E-state index contributed by atoms with van der Waals surface area (Å²) in [4.78, 5) is 12.3. The van der Waals surface area contributed by atoms with Crippen molar-refractivity contribution in [2.75, 3.05) is 13.6 Å². The maximum atomic E-state index is 4.50. The van der Waals surface area contributed by atoms with Gasteiger partial charge in [0.15, 0.2) is 5.96 Å². The number of para-hydroxylation sites is 1. The van der Waals surface area contributed by atoms with E-state index in [2.05, 4.69) is 85.6 Å². The van der Waals surface area contributed by atoms with Crippen molar-refractivity contribution < 1.29 is 0 Å². The van der Waals surface area contributed by atoms with Crippen molar-refractivity contribution in [2.24, 2.45) is 4.99 Å². The average Bonchev–Trinajstić information content (AvgIpc) is 3.34. The van der Waals surface area contributed by atoms with Crippen LogP contribution in [0.4, 0.5) is 0 Å². The highest BCUT2D eigenvalue weighted by Gasteiger charge is 2.09. The molecule has 0 aliphatic carbocycles. The van der Waals surface area contributed by atoms with Gasteiger partial charge < -0.3 is 20.2 Å². The van der Waals surface area contributed by atoms with Gasteiger partial charge in [-0.1, -0.05) is 48.5 Å². The Balaban J connectivity index is 1.32. The Kier molecular flexibility index (Phi) is 6.13. The molecule has 0 saturated carbocycles. The van der Waals surface area contributed by atoms with Crippen molar-refractivity contribution in [1.82, 2.24) is 25.2 Å². The van der Waals surface area contributed by atoms with Crippen LogP contribution in [-0.4, -0.2) is 34.1 Å². The number of imidazole rings is 1. The van der Waals surface area contributed by atoms with Crippen LogP contribution in [0.3, 0.4) is 0 Å². The van der Waals surface area contributed by atoms with E-state index in [1.165, 1.54) is 27.7 Å². The Morgan fingerprint density at radius 2 is 1.87 bits per heavy atom. The van der Waals surface area contributed by atoms with Crippen molar-refractivity contribution in [3.05, 3.63) is 89.6 Å². The summed E-state index contributed by atoms with van der Waals surface area (Å²) in [5.41, 5.74) is 5.03. The van der Waals surface area contributed by atoms with Gasteiger partial charge in [-0.15, -0.1) is 0 Å². The Bertz CT molecular complexity index is 1120. The summed E-state index contributed by atoms with van der Waals surface area (Å²) in [7, 11) is 1.79. The van der Waals surface area contributed by atoms with Crippen molar-refractivity contribution >= 4 is 16.9 Å². The van der Waals surface area contributed by atoms with Gasteiger partial charge in [-0.05, 0) is 30.5 Å². The minimum absolute atomic E-state index is 0.617. The molecular weight excluding hydrogens is 372 g/mol. The van der Waals surface area contributed by atoms with Crippen molar-refractivity contribution in [1.29, 1.82) is 0 Å². The molecule has 0 aliphatic heterocycles. The second-order valence-electron chi connectivity index (χ2n) is 7.33. The number of aryl methyl sites for hydroxylation is 1. The molecule has 0 aliphatic rings. The third kappa shape index (κ3) is 4.54. The Morgan fingerprint density at radius 1 is 1.07 bits per heavy atom. The van der Waals surface area contributed by atoms with E-state index in [9.17, 15) is 0 Å². The first-order chi connectivity index (χ1) is 14.7. The van der Waals surface area contributed by atoms with Gasteiger partial charge in [0, 0.05) is 49.1 Å². The Labute approximate surface area is 177 Å². The molecule has 0 bridgehead atoms. The lowest BCUT2D eigenvalue weighted by molar-refractivity contribution is 0.687. The van der Waals surface area contributed by atoms with E-state index in [4.69, 9.17) is 0 Å². The standard InChI is InChI=1S/C24H28N6/c1-18-20(21-10-6-7-11-22(21)29-18)12-13-27-24(25-2)28-16-23-26-14-15-30(23)17-19-8-4-3-5-9-19/h3-11,14-15,29H,12-13,16-17H2,1-2H3,(H2,25,27,28). The van der Waals surface area contributed by atoms with Crippen molar-refractivity contribution in [2.45, 2.75) is 26.4 Å². The molecule has 0 radical (unpaired) electrons. The van der Waals surface area contributed by atoms with Crippen LogP contribution in [0.1, 0.15) is 22.6 Å². The fourth-order valence-electron chi connectivity index (χ4n) is 3.78. The molecule has 2 heterocycles. The van der Waals surface area contributed by atoms with Gasteiger partial charge in [-0.3, -0.25) is 4.99 Å². The number of nitrogens with one attached hydrogen (secondary N) is 3. The quantitative estimate of drug-likeness (QED) is 0.328. The third-order valence-electron chi connectivity index (χ3n) is 5.33. The lowest BCUT2D eigenvalue weighted by Crippen LogP contribution is -2.38. The molecule has 2 aromatic carbocycles. The number of benzene rings is 2. The highest BCUT2D eigenvalue weighted by molar-refractivity contribution is 5.84. The first-order valence-corrected chi connectivity index (χ1v) is 10.3. The summed E-state index contributed by atoms with van der Waals surface area (Å²) in [5.74, 6) is 1.76. The predicted molar refractivity (Wildman–Crippen MR) is 123 cm³/mol. The van der Waals surface area contributed by atoms with Crippen molar-refractivity contribution in [3.8, 4) is 0 Å². The number of aliphatic imine (C=N–C) groups is 1. The molecule has 0 amide bonds. The Hall–Kier alpha value is -3.54. The molecule has 2 aromatic heterocycles. The predicted octanol–water partition coefficient (Wildman–Crippen LogP) is 3.63. The highest BCUT2D eigenvalue weighted by Crippen LogP contribution is 2.21. The minimum atomic E-state index is 0.617. The van der Waals surface area contributed by atoms with Gasteiger partial charge in [0.2, 0.25) is 0 Å². The number of hydrogen-bond donors (Lipinski definition) is 3. The summed E-state index contributed by atoms with van der Waals surface area (Å²) < 4.78 is 2.16. The molecule has 4 aromatic rings. The number of nitrogens with zero attached hydrogens (tertiary/aromatic N) is 3. The van der Waals surface area contributed by atoms with Crippen LogP contribution in [-0.2, 0) is 19.5 Å². The average molecular weight is 401 g/mol. The second kappa shape index (κ2) is 9.31. The molecule has 3 N–H and O–H groups in total. The number of aromatic nitrogens is 3. The molecule has 6 nitrogen and oxygen atoms in total. The second-order valence-corrected chi connectivity index (χ2v) is 7.33. The van der Waals surface area contributed by atoms with E-state index in [0.717, 1.165) is 31.3 Å². The van der Waals surface area contributed by atoms with E-state index in [1.807, 2.05) is 18.5 Å². The molecule has 30 heavy (non-hydrogen) atoms. The van der Waals surface area contributed by atoms with E-state index in [1.54, 1.807) is 7.05 Å². The van der Waals surface area contributed by atoms with Crippen LogP contribution >= 0.6 is 0 Å². The zero-order chi connectivity index (χ0) is 20.8. The molecular formula is C24H28N6. The number of hydrogen-bond acceptors (Lipinski definition) is 2. The largest absolute Gasteiger partial charge is 0.358 e. The van der Waals surface area contributed by atoms with E-state index < -0.39 is 0 Å². The van der Waals surface area contributed by atoms with Crippen molar-refractivity contribution in [3.63, 3.8) is 0 Å². The number of H-pyrrole nitrogens is 1. The molecule has 0 spiro atoms. The van der Waals surface area contributed by atoms with Crippen LogP contribution in [0.5, 0.6) is 0 Å². The van der Waals surface area contributed by atoms with Crippen LogP contribution in [0.2, 0.25) is 0 Å². The van der Waals surface area contributed by atoms with Gasteiger partial charge in [0.05, 0.1) is 6.54 Å². The van der Waals surface area contributed by atoms with Crippen LogP contribution in [0.25, 0.3) is 10.9 Å². The van der Waals surface area contributed by atoms with Gasteiger partial charge >= 0.3 is 0 Å². The van der Waals surface area contributed by atoms with Gasteiger partial charge in [0.25, 0.3) is 0 Å². The molecule has 0 atom stereocenters. The third-order valence-corrected chi connectivity index (χ3v) is 5.33. The molecule has 154 valence electrons. The topological polar surface area (TPSA) is 70.0 Å². The molecule has 0 saturated heterocycles. The van der Waals surface area contributed by atoms with Crippen LogP contribution < -0.4 is 10.6 Å². The normalized spacial score (nSPS) is 11.7. The summed E-state index contributed by atoms with van der Waals surface area (Å²) in [6.45, 7) is 4.37. The summed E-state index contributed by atoms with van der Waals surface area (Å²) in [6.07, 6.45) is 4.79. The SMILES string of the molecule is CN=C(NCCc1c(C)[nH]c2ccccc12)NCc1nccn1Cc1ccccc1. The lowest BCUT2D eigenvalue weighted by atomic mass is 10.1. The highest BCUT2D eigenvalue weighted by atomic mass is 15.2. The number of guanidine groups is 1. The van der Waals surface area contributed by atoms with Gasteiger partial charge in [0.1, 0.15) is 5.82 Å². The van der Waals surface area contributed by atoms with E-state index in [0.29, 0.717) is 6.54 Å². The zero-order valence-corrected chi connectivity index (χ0v) is 17.5. The molecule has 6 heteroatoms. The van der Waals surface area contributed by atoms with E-state index >= 15 is 0 Å². The summed E-state index contributed by atoms with van der Waals surface area (Å²) >= 11 is 0. The maximum Gasteiger partial charge on any atom is 0.191 e. The maximum absolute atomic E-state index is 4.50. The van der Waals surface area contributed by atoms with Gasteiger partial charge in [-0.25, -0.2) is 4.98 Å². The summed E-state index contributed by atoms with van der Waals surface area (Å²) in [5, 5.41) is 8.09. The van der Waals surface area contributed by atoms with E-state index in [-0.39, 0.29) is 0 Å². The fraction of sp³-hybridized carbons (Fsp3) is 0.250. The molecule has 4 rings (SSSR count). The molecule has 0 unspecified atom stereocenters. The zero-order valence-electron chi connectivity index (χ0n) is 17.5. The monoisotopic (exact) mass is 400 g/mol. The lowest BCUT2D eigenvalue weighted by Gasteiger charge is -2.13. The van der Waals surface area contributed by atoms with Gasteiger partial charge in [-0.2, -0.15) is 0 Å². The van der Waals surface area contributed by atoms with Crippen LogP contribution in [0.15, 0.2) is 72.0 Å². The smallest absolute Gasteiger partial charge is 0.191 e. The summed E-state index contributed by atoms with van der Waals surface area (Å²) in [6, 6.07) is 18.9. The first kappa shape index (κ1) is 19.8. The minimum Gasteiger partial charge on any atom is -0.358 e. The fourth-order valence-corrected chi connectivity index (χ4v) is 3.78.